The highest BCUT2D eigenvalue weighted by Gasteiger charge is 2.20. The second-order valence-electron chi connectivity index (χ2n) is 3.70. The molecule has 0 saturated carbocycles. The minimum absolute atomic E-state index is 0.296. The fourth-order valence-corrected chi connectivity index (χ4v) is 2.11. The van der Waals surface area contributed by atoms with Gasteiger partial charge in [0.05, 0.1) is 0 Å². The van der Waals surface area contributed by atoms with Gasteiger partial charge in [0, 0.05) is 61.5 Å². The van der Waals surface area contributed by atoms with Crippen LogP contribution >= 0.6 is 22.9 Å². The molecule has 4 heteroatoms. The molecule has 1 atom stereocenters. The number of hydrogen-bond acceptors (Lipinski definition) is 3. The van der Waals surface area contributed by atoms with E-state index in [1.165, 1.54) is 0 Å². The van der Waals surface area contributed by atoms with Gasteiger partial charge in [-0.1, -0.05) is 0 Å². The van der Waals surface area contributed by atoms with Crippen molar-refractivity contribution < 1.29 is 4.79 Å². The molecule has 0 bridgehead atoms. The Morgan fingerprint density at radius 3 is 2.38 bits per heavy atom. The lowest BCUT2D eigenvalue weighted by atomic mass is 10.1. The van der Waals surface area contributed by atoms with Crippen LogP contribution in [0.5, 0.6) is 0 Å². The van der Waals surface area contributed by atoms with E-state index in [4.69, 9.17) is 0 Å². The van der Waals surface area contributed by atoms with Crippen molar-refractivity contribution in [2.75, 3.05) is 26.2 Å². The Morgan fingerprint density at radius 2 is 1.92 bits per heavy atom. The molecule has 1 rings (SSSR count). The van der Waals surface area contributed by atoms with Gasteiger partial charge in [0.2, 0.25) is 0 Å². The van der Waals surface area contributed by atoms with Crippen LogP contribution in [-0.2, 0) is 4.79 Å². The summed E-state index contributed by atoms with van der Waals surface area (Å²) in [6.45, 7) is 8.23. The molecule has 3 nitrogen and oxygen atoms in total. The first-order chi connectivity index (χ1) is 6.09. The first kappa shape index (κ1) is 11.4. The summed E-state index contributed by atoms with van der Waals surface area (Å²) in [7, 11) is 0. The molecule has 1 fully saturated rings. The van der Waals surface area contributed by atoms with Gasteiger partial charge < -0.3 is 0 Å². The number of rotatable bonds is 3. The predicted octanol–water partition coefficient (Wildman–Crippen LogP) is 1.32. The van der Waals surface area contributed by atoms with Crippen molar-refractivity contribution in [1.82, 2.24) is 8.01 Å². The van der Waals surface area contributed by atoms with E-state index in [2.05, 4.69) is 37.8 Å². The Labute approximate surface area is 94.0 Å². The van der Waals surface area contributed by atoms with Gasteiger partial charge in [0.15, 0.2) is 0 Å². The van der Waals surface area contributed by atoms with Gasteiger partial charge in [0.25, 0.3) is 0 Å². The van der Waals surface area contributed by atoms with Crippen molar-refractivity contribution in [3.05, 3.63) is 0 Å². The molecule has 1 heterocycles. The van der Waals surface area contributed by atoms with Crippen molar-refractivity contribution in [2.24, 2.45) is 0 Å². The third-order valence-electron chi connectivity index (χ3n) is 2.47. The van der Waals surface area contributed by atoms with Crippen LogP contribution < -0.4 is 0 Å². The highest BCUT2D eigenvalue weighted by Crippen LogP contribution is 2.11. The second kappa shape index (κ2) is 5.26. The van der Waals surface area contributed by atoms with Gasteiger partial charge in [-0.2, -0.15) is 0 Å². The molecule has 1 aliphatic heterocycles. The third-order valence-corrected chi connectivity index (χ3v) is 3.43. The van der Waals surface area contributed by atoms with Crippen molar-refractivity contribution in [2.45, 2.75) is 26.3 Å². The summed E-state index contributed by atoms with van der Waals surface area (Å²) >= 11 is 2.36. The number of nitrogens with zero attached hydrogens (tertiary/aromatic N) is 2. The van der Waals surface area contributed by atoms with Gasteiger partial charge in [-0.3, -0.25) is 9.69 Å². The Bertz CT molecular complexity index is 178. The van der Waals surface area contributed by atoms with Gasteiger partial charge in [-0.25, -0.2) is 3.11 Å². The number of carbonyl (C=O) groups is 1. The highest BCUT2D eigenvalue weighted by molar-refractivity contribution is 14.1. The van der Waals surface area contributed by atoms with Crippen molar-refractivity contribution in [3.8, 4) is 0 Å². The number of hydrogen-bond donors (Lipinski definition) is 0. The first-order valence-electron chi connectivity index (χ1n) is 4.74. The topological polar surface area (TPSA) is 23.6 Å². The molecule has 0 aromatic rings. The molecule has 1 unspecified atom stereocenters. The maximum absolute atomic E-state index is 10.9. The standard InChI is InChI=1S/C9H17IN2O/c1-8(7-9(2)13)11-3-5-12(10)6-4-11/h8H,3-7H2,1-2H3. The molecule has 1 saturated heterocycles. The molecule has 0 aromatic carbocycles. The summed E-state index contributed by atoms with van der Waals surface area (Å²) in [6, 6.07) is 0.419. The van der Waals surface area contributed by atoms with E-state index in [9.17, 15) is 4.79 Å². The maximum Gasteiger partial charge on any atom is 0.131 e. The number of Topliss-reactive ketones (excluding diaryl/α,β-unsaturated/α-hetero) is 1. The lowest BCUT2D eigenvalue weighted by Crippen LogP contribution is -2.46. The summed E-state index contributed by atoms with van der Waals surface area (Å²) in [4.78, 5) is 13.3. The Morgan fingerprint density at radius 1 is 1.38 bits per heavy atom. The zero-order valence-corrected chi connectivity index (χ0v) is 10.5. The van der Waals surface area contributed by atoms with E-state index in [0.29, 0.717) is 18.2 Å². The Kier molecular flexibility index (Phi) is 4.61. The molecule has 0 spiro atoms. The van der Waals surface area contributed by atoms with Gasteiger partial charge in [0.1, 0.15) is 5.78 Å². The van der Waals surface area contributed by atoms with Crippen LogP contribution in [-0.4, -0.2) is 46.0 Å². The lowest BCUT2D eigenvalue weighted by molar-refractivity contribution is -0.118. The van der Waals surface area contributed by atoms with Gasteiger partial charge >= 0.3 is 0 Å². The van der Waals surface area contributed by atoms with E-state index in [1.54, 1.807) is 6.92 Å². The summed E-state index contributed by atoms with van der Waals surface area (Å²) < 4.78 is 2.30. The Balaban J connectivity index is 2.31. The molecular weight excluding hydrogens is 279 g/mol. The van der Waals surface area contributed by atoms with Crippen LogP contribution in [0.3, 0.4) is 0 Å². The van der Waals surface area contributed by atoms with Crippen molar-refractivity contribution in [3.63, 3.8) is 0 Å². The predicted molar refractivity (Wildman–Crippen MR) is 61.9 cm³/mol. The number of ketones is 1. The smallest absolute Gasteiger partial charge is 0.131 e. The van der Waals surface area contributed by atoms with E-state index >= 15 is 0 Å². The zero-order valence-electron chi connectivity index (χ0n) is 8.29. The molecule has 13 heavy (non-hydrogen) atoms. The third kappa shape index (κ3) is 3.91. The molecule has 0 aromatic heterocycles. The zero-order chi connectivity index (χ0) is 9.84. The quantitative estimate of drug-likeness (QED) is 0.580. The molecule has 0 amide bonds. The largest absolute Gasteiger partial charge is 0.300 e. The van der Waals surface area contributed by atoms with Crippen LogP contribution in [0.4, 0.5) is 0 Å². The fraction of sp³-hybridized carbons (Fsp3) is 0.889. The SMILES string of the molecule is CC(=O)CC(C)N1CCN(I)CC1. The monoisotopic (exact) mass is 296 g/mol. The second-order valence-corrected chi connectivity index (χ2v) is 5.07. The van der Waals surface area contributed by atoms with Gasteiger partial charge in [-0.05, 0) is 13.8 Å². The minimum Gasteiger partial charge on any atom is -0.300 e. The van der Waals surface area contributed by atoms with Crippen LogP contribution in [0, 0.1) is 0 Å². The van der Waals surface area contributed by atoms with Crippen LogP contribution in [0.25, 0.3) is 0 Å². The lowest BCUT2D eigenvalue weighted by Gasteiger charge is -2.35. The summed E-state index contributed by atoms with van der Waals surface area (Å²) in [5.74, 6) is 0.296. The molecule has 0 N–H and O–H groups in total. The number of piperazine rings is 1. The van der Waals surface area contributed by atoms with Crippen LogP contribution in [0.2, 0.25) is 0 Å². The Hall–Kier alpha value is 0.320. The van der Waals surface area contributed by atoms with Crippen molar-refractivity contribution in [1.29, 1.82) is 0 Å². The molecule has 76 valence electrons. The fourth-order valence-electron chi connectivity index (χ4n) is 1.68. The molecule has 0 aliphatic carbocycles. The first-order valence-corrected chi connectivity index (χ1v) is 5.70. The number of halogens is 1. The van der Waals surface area contributed by atoms with E-state index in [0.717, 1.165) is 26.2 Å². The highest BCUT2D eigenvalue weighted by atomic mass is 127. The van der Waals surface area contributed by atoms with Crippen molar-refractivity contribution >= 4 is 28.6 Å². The van der Waals surface area contributed by atoms with Crippen LogP contribution in [0.15, 0.2) is 0 Å². The van der Waals surface area contributed by atoms with E-state index in [-0.39, 0.29) is 0 Å². The molecular formula is C9H17IN2O. The maximum atomic E-state index is 10.9. The van der Waals surface area contributed by atoms with Gasteiger partial charge in [-0.15, -0.1) is 0 Å². The average Bonchev–Trinajstić information content (AvgIpc) is 2.04. The molecule has 1 aliphatic rings. The summed E-state index contributed by atoms with van der Waals surface area (Å²) in [5.41, 5.74) is 0. The summed E-state index contributed by atoms with van der Waals surface area (Å²) in [5, 5.41) is 0. The minimum atomic E-state index is 0.296. The van der Waals surface area contributed by atoms with Crippen LogP contribution in [0.1, 0.15) is 20.3 Å². The summed E-state index contributed by atoms with van der Waals surface area (Å²) in [6.07, 6.45) is 0.696. The normalized spacial score (nSPS) is 23.0. The van der Waals surface area contributed by atoms with E-state index < -0.39 is 0 Å². The number of carbonyl (C=O) groups excluding carboxylic acids is 1. The average molecular weight is 296 g/mol. The van der Waals surface area contributed by atoms with E-state index in [1.807, 2.05) is 0 Å². The molecule has 0 radical (unpaired) electrons.